The van der Waals surface area contributed by atoms with Crippen molar-refractivity contribution in [1.82, 2.24) is 14.6 Å². The maximum atomic E-state index is 12.5. The Labute approximate surface area is 156 Å². The minimum Gasteiger partial charge on any atom is -0.477 e. The van der Waals surface area contributed by atoms with E-state index in [2.05, 4.69) is 10.1 Å². The Hall–Kier alpha value is -3.22. The van der Waals surface area contributed by atoms with Crippen molar-refractivity contribution in [2.75, 3.05) is 7.11 Å². The molecule has 2 aromatic heterocycles. The lowest BCUT2D eigenvalue weighted by Gasteiger charge is -2.11. The quantitative estimate of drug-likeness (QED) is 0.708. The van der Waals surface area contributed by atoms with Gasteiger partial charge in [-0.05, 0) is 42.5 Å². The van der Waals surface area contributed by atoms with Crippen molar-refractivity contribution < 1.29 is 19.4 Å². The number of aryl methyl sites for hydroxylation is 2. The lowest BCUT2D eigenvalue weighted by Crippen LogP contribution is -2.09. The molecule has 0 radical (unpaired) electrons. The summed E-state index contributed by atoms with van der Waals surface area (Å²) in [5.41, 5.74) is 4.17. The van der Waals surface area contributed by atoms with E-state index in [0.717, 1.165) is 16.7 Å². The molecule has 3 rings (SSSR count). The Bertz CT molecular complexity index is 1050. The summed E-state index contributed by atoms with van der Waals surface area (Å²) in [5, 5.41) is 13.9. The van der Waals surface area contributed by atoms with Crippen LogP contribution in [-0.2, 0) is 4.74 Å². The van der Waals surface area contributed by atoms with Crippen LogP contribution in [0, 0.1) is 13.8 Å². The molecular weight excluding hydrogens is 346 g/mol. The second kappa shape index (κ2) is 6.83. The number of carboxylic acids is 1. The predicted octanol–water partition coefficient (Wildman–Crippen LogP) is 3.62. The fourth-order valence-corrected chi connectivity index (χ4v) is 3.24. The number of aromatic carboxylic acids is 1. The lowest BCUT2D eigenvalue weighted by atomic mass is 9.95. The van der Waals surface area contributed by atoms with Crippen molar-refractivity contribution >= 4 is 17.6 Å². The van der Waals surface area contributed by atoms with Gasteiger partial charge in [-0.2, -0.15) is 5.10 Å². The molecule has 7 nitrogen and oxygen atoms in total. The van der Waals surface area contributed by atoms with Crippen LogP contribution >= 0.6 is 0 Å². The Morgan fingerprint density at radius 2 is 1.78 bits per heavy atom. The molecular formula is C20H21N3O4. The Balaban J connectivity index is 2.53. The average Bonchev–Trinajstić information content (AvgIpc) is 2.99. The van der Waals surface area contributed by atoms with E-state index >= 15 is 0 Å². The number of methoxy groups -OCH3 is 1. The number of fused-ring (bicyclic) bond motifs is 1. The Kier molecular flexibility index (Phi) is 4.70. The van der Waals surface area contributed by atoms with Gasteiger partial charge >= 0.3 is 11.9 Å². The van der Waals surface area contributed by atoms with Gasteiger partial charge in [0.25, 0.3) is 0 Å². The first kappa shape index (κ1) is 18.6. The van der Waals surface area contributed by atoms with Crippen LogP contribution in [0.25, 0.3) is 16.8 Å². The predicted molar refractivity (Wildman–Crippen MR) is 100 cm³/mol. The molecule has 0 aliphatic heterocycles. The molecule has 1 aromatic carbocycles. The molecule has 0 aliphatic carbocycles. The highest BCUT2D eigenvalue weighted by molar-refractivity contribution is 6.01. The number of rotatable bonds is 4. The van der Waals surface area contributed by atoms with Gasteiger partial charge in [-0.1, -0.05) is 32.0 Å². The first-order valence-corrected chi connectivity index (χ1v) is 8.58. The summed E-state index contributed by atoms with van der Waals surface area (Å²) in [6, 6.07) is 7.27. The number of hydrogen-bond donors (Lipinski definition) is 1. The summed E-state index contributed by atoms with van der Waals surface area (Å²) in [6.45, 7) is 7.71. The van der Waals surface area contributed by atoms with E-state index in [1.807, 2.05) is 45.9 Å². The minimum atomic E-state index is -1.13. The smallest absolute Gasteiger partial charge is 0.359 e. The van der Waals surface area contributed by atoms with Crippen LogP contribution < -0.4 is 0 Å². The molecule has 0 aliphatic rings. The van der Waals surface area contributed by atoms with Crippen LogP contribution in [0.4, 0.5) is 0 Å². The number of benzene rings is 1. The molecule has 2 heterocycles. The molecule has 3 aromatic rings. The molecule has 7 heteroatoms. The third-order valence-corrected chi connectivity index (χ3v) is 4.54. The van der Waals surface area contributed by atoms with Crippen LogP contribution in [0.5, 0.6) is 0 Å². The summed E-state index contributed by atoms with van der Waals surface area (Å²) >= 11 is 0. The summed E-state index contributed by atoms with van der Waals surface area (Å²) in [5.74, 6) is -1.75. The maximum absolute atomic E-state index is 12.5. The second-order valence-electron chi connectivity index (χ2n) is 6.74. The zero-order valence-corrected chi connectivity index (χ0v) is 15.9. The van der Waals surface area contributed by atoms with E-state index in [4.69, 9.17) is 4.74 Å². The van der Waals surface area contributed by atoms with Gasteiger partial charge in [0.2, 0.25) is 0 Å². The Morgan fingerprint density at radius 1 is 1.15 bits per heavy atom. The number of carboxylic acid groups (broad SMARTS) is 1. The zero-order valence-electron chi connectivity index (χ0n) is 15.9. The van der Waals surface area contributed by atoms with E-state index in [-0.39, 0.29) is 17.3 Å². The van der Waals surface area contributed by atoms with E-state index in [0.29, 0.717) is 16.9 Å². The molecule has 1 N–H and O–H groups in total. The average molecular weight is 367 g/mol. The largest absolute Gasteiger partial charge is 0.477 e. The monoisotopic (exact) mass is 367 g/mol. The van der Waals surface area contributed by atoms with Crippen molar-refractivity contribution in [2.45, 2.75) is 33.6 Å². The van der Waals surface area contributed by atoms with E-state index in [9.17, 15) is 14.7 Å². The number of carbonyl (C=O) groups is 2. The van der Waals surface area contributed by atoms with Gasteiger partial charge in [-0.15, -0.1) is 0 Å². The van der Waals surface area contributed by atoms with Crippen LogP contribution in [0.3, 0.4) is 0 Å². The van der Waals surface area contributed by atoms with Crippen LogP contribution in [0.2, 0.25) is 0 Å². The van der Waals surface area contributed by atoms with Crippen LogP contribution in [0.15, 0.2) is 24.3 Å². The molecule has 0 atom stereocenters. The molecule has 27 heavy (non-hydrogen) atoms. The minimum absolute atomic E-state index is 0.0233. The third-order valence-electron chi connectivity index (χ3n) is 4.54. The number of nitrogens with zero attached hydrogens (tertiary/aromatic N) is 3. The summed E-state index contributed by atoms with van der Waals surface area (Å²) in [7, 11) is 1.29. The van der Waals surface area contributed by atoms with Crippen molar-refractivity contribution in [2.24, 2.45) is 0 Å². The highest BCUT2D eigenvalue weighted by Crippen LogP contribution is 2.34. The molecule has 140 valence electrons. The van der Waals surface area contributed by atoms with Crippen LogP contribution in [-0.4, -0.2) is 38.8 Å². The summed E-state index contributed by atoms with van der Waals surface area (Å²) < 4.78 is 6.47. The summed E-state index contributed by atoms with van der Waals surface area (Å²) in [6.07, 6.45) is 0. The molecule has 0 amide bonds. The van der Waals surface area contributed by atoms with Crippen molar-refractivity contribution in [3.8, 4) is 11.1 Å². The highest BCUT2D eigenvalue weighted by Gasteiger charge is 2.27. The van der Waals surface area contributed by atoms with Gasteiger partial charge in [0, 0.05) is 5.69 Å². The fraction of sp³-hybridized carbons (Fsp3) is 0.300. The standard InChI is InChI=1S/C20H21N3O4/c1-10(2)14-9-13(19(24)25)21-18-16(15-11(3)7-6-8-12(15)4)17(20(26)27-5)22-23(14)18/h6-10H,1-5H3,(H,24,25). The number of aromatic nitrogens is 3. The number of ether oxygens (including phenoxy) is 1. The van der Waals surface area contributed by atoms with E-state index in [1.54, 1.807) is 4.52 Å². The highest BCUT2D eigenvalue weighted by atomic mass is 16.5. The maximum Gasteiger partial charge on any atom is 0.359 e. The SMILES string of the molecule is COC(=O)c1nn2c(C(C)C)cc(C(=O)O)nc2c1-c1c(C)cccc1C. The zero-order chi connectivity index (χ0) is 19.9. The lowest BCUT2D eigenvalue weighted by molar-refractivity contribution is 0.0593. The van der Waals surface area contributed by atoms with Gasteiger partial charge in [0.15, 0.2) is 17.0 Å². The van der Waals surface area contributed by atoms with Gasteiger partial charge < -0.3 is 9.84 Å². The number of hydrogen-bond acceptors (Lipinski definition) is 5. The first-order chi connectivity index (χ1) is 12.8. The molecule has 0 saturated heterocycles. The van der Waals surface area contributed by atoms with E-state index in [1.165, 1.54) is 13.2 Å². The van der Waals surface area contributed by atoms with Crippen molar-refractivity contribution in [3.05, 3.63) is 52.5 Å². The van der Waals surface area contributed by atoms with Gasteiger partial charge in [0.1, 0.15) is 0 Å². The molecule has 0 unspecified atom stereocenters. The number of carbonyl (C=O) groups excluding carboxylic acids is 1. The van der Waals surface area contributed by atoms with Gasteiger partial charge in [-0.25, -0.2) is 19.1 Å². The molecule has 0 bridgehead atoms. The molecule has 0 fully saturated rings. The molecule has 0 saturated carbocycles. The van der Waals surface area contributed by atoms with Crippen molar-refractivity contribution in [3.63, 3.8) is 0 Å². The Morgan fingerprint density at radius 3 is 2.30 bits per heavy atom. The normalized spacial score (nSPS) is 11.2. The molecule has 0 spiro atoms. The van der Waals surface area contributed by atoms with Crippen LogP contribution in [0.1, 0.15) is 57.6 Å². The first-order valence-electron chi connectivity index (χ1n) is 8.58. The summed E-state index contributed by atoms with van der Waals surface area (Å²) in [4.78, 5) is 28.4. The van der Waals surface area contributed by atoms with Crippen molar-refractivity contribution in [1.29, 1.82) is 0 Å². The number of esters is 1. The fourth-order valence-electron chi connectivity index (χ4n) is 3.24. The second-order valence-corrected chi connectivity index (χ2v) is 6.74. The topological polar surface area (TPSA) is 93.8 Å². The third kappa shape index (κ3) is 3.05. The van der Waals surface area contributed by atoms with Gasteiger partial charge in [-0.3, -0.25) is 0 Å². The van der Waals surface area contributed by atoms with Gasteiger partial charge in [0.05, 0.1) is 12.7 Å². The van der Waals surface area contributed by atoms with E-state index < -0.39 is 11.9 Å².